The van der Waals surface area contributed by atoms with Crippen LogP contribution in [0.1, 0.15) is 11.1 Å². The number of carboxylic acids is 1. The second-order valence-electron chi connectivity index (χ2n) is 6.33. The fourth-order valence-corrected chi connectivity index (χ4v) is 4.03. The van der Waals surface area contributed by atoms with Gasteiger partial charge in [-0.15, -0.1) is 0 Å². The van der Waals surface area contributed by atoms with Crippen molar-refractivity contribution in [1.29, 1.82) is 0 Å². The second kappa shape index (κ2) is 9.55. The number of amides is 2. The van der Waals surface area contributed by atoms with Crippen molar-refractivity contribution in [1.82, 2.24) is 4.90 Å². The van der Waals surface area contributed by atoms with E-state index >= 15 is 0 Å². The molecule has 2 amide bonds. The Bertz CT molecular complexity index is 1030. The molecule has 2 aromatic carbocycles. The highest BCUT2D eigenvalue weighted by atomic mass is 32.2. The van der Waals surface area contributed by atoms with Crippen LogP contribution in [0.4, 0.5) is 5.69 Å². The number of nitrogens with one attached hydrogen (secondary N) is 1. The van der Waals surface area contributed by atoms with E-state index in [1.165, 1.54) is 4.90 Å². The first-order valence-corrected chi connectivity index (χ1v) is 10.1. The lowest BCUT2D eigenvalue weighted by molar-refractivity contribution is -0.136. The van der Waals surface area contributed by atoms with Crippen LogP contribution in [0.3, 0.4) is 0 Å². The normalized spacial score (nSPS) is 14.8. The van der Waals surface area contributed by atoms with E-state index in [4.69, 9.17) is 22.1 Å². The topological polar surface area (TPSA) is 95.9 Å². The summed E-state index contributed by atoms with van der Waals surface area (Å²) in [6.07, 6.45) is 1.60. The molecular formula is C21H18N2O5S2. The SMILES string of the molecule is COc1ccccc1/C=C1\SC(=S)N(CC(=O)Nc2ccc(CC(=O)O)cc2)C1=O. The number of anilines is 1. The van der Waals surface area contributed by atoms with Gasteiger partial charge in [0.1, 0.15) is 16.6 Å². The number of rotatable bonds is 7. The Labute approximate surface area is 182 Å². The third-order valence-corrected chi connectivity index (χ3v) is 5.57. The minimum atomic E-state index is -0.928. The summed E-state index contributed by atoms with van der Waals surface area (Å²) in [6, 6.07) is 13.8. The van der Waals surface area contributed by atoms with Gasteiger partial charge in [0, 0.05) is 11.3 Å². The molecule has 2 aromatic rings. The summed E-state index contributed by atoms with van der Waals surface area (Å²) in [4.78, 5) is 37.5. The van der Waals surface area contributed by atoms with Gasteiger partial charge in [0.05, 0.1) is 18.4 Å². The molecule has 30 heavy (non-hydrogen) atoms. The van der Waals surface area contributed by atoms with Crippen LogP contribution in [0.2, 0.25) is 0 Å². The average Bonchev–Trinajstić information content (AvgIpc) is 2.97. The van der Waals surface area contributed by atoms with Gasteiger partial charge < -0.3 is 15.2 Å². The zero-order chi connectivity index (χ0) is 21.7. The monoisotopic (exact) mass is 442 g/mol. The van der Waals surface area contributed by atoms with E-state index in [1.807, 2.05) is 18.2 Å². The maximum absolute atomic E-state index is 12.7. The van der Waals surface area contributed by atoms with Gasteiger partial charge in [-0.2, -0.15) is 0 Å². The Morgan fingerprint density at radius 1 is 1.20 bits per heavy atom. The van der Waals surface area contributed by atoms with Crippen LogP contribution in [-0.4, -0.2) is 45.8 Å². The van der Waals surface area contributed by atoms with E-state index in [9.17, 15) is 14.4 Å². The molecular weight excluding hydrogens is 424 g/mol. The highest BCUT2D eigenvalue weighted by Gasteiger charge is 2.33. The van der Waals surface area contributed by atoms with Gasteiger partial charge in [-0.25, -0.2) is 0 Å². The summed E-state index contributed by atoms with van der Waals surface area (Å²) < 4.78 is 5.60. The minimum Gasteiger partial charge on any atom is -0.496 e. The summed E-state index contributed by atoms with van der Waals surface area (Å²) in [7, 11) is 1.55. The Kier molecular flexibility index (Phi) is 6.86. The first-order chi connectivity index (χ1) is 14.4. The second-order valence-corrected chi connectivity index (χ2v) is 8.00. The molecule has 0 atom stereocenters. The summed E-state index contributed by atoms with van der Waals surface area (Å²) in [5.41, 5.74) is 1.87. The quantitative estimate of drug-likeness (QED) is 0.502. The summed E-state index contributed by atoms with van der Waals surface area (Å²) in [6.45, 7) is -0.217. The molecule has 1 saturated heterocycles. The van der Waals surface area contributed by atoms with Gasteiger partial charge >= 0.3 is 5.97 Å². The first kappa shape index (κ1) is 21.5. The van der Waals surface area contributed by atoms with Crippen LogP contribution < -0.4 is 10.1 Å². The van der Waals surface area contributed by atoms with Crippen molar-refractivity contribution in [2.75, 3.05) is 19.0 Å². The number of carboxylic acid groups (broad SMARTS) is 1. The molecule has 0 spiro atoms. The molecule has 0 aliphatic carbocycles. The molecule has 0 radical (unpaired) electrons. The van der Waals surface area contributed by atoms with Crippen molar-refractivity contribution < 1.29 is 24.2 Å². The first-order valence-electron chi connectivity index (χ1n) is 8.86. The smallest absolute Gasteiger partial charge is 0.307 e. The predicted molar refractivity (Wildman–Crippen MR) is 119 cm³/mol. The Hall–Kier alpha value is -3.17. The van der Waals surface area contributed by atoms with Crippen LogP contribution in [-0.2, 0) is 20.8 Å². The van der Waals surface area contributed by atoms with E-state index < -0.39 is 11.9 Å². The van der Waals surface area contributed by atoms with Crippen LogP contribution in [0.15, 0.2) is 53.4 Å². The lowest BCUT2D eigenvalue weighted by Gasteiger charge is -2.14. The van der Waals surface area contributed by atoms with Gasteiger partial charge in [-0.3, -0.25) is 19.3 Å². The van der Waals surface area contributed by atoms with Crippen molar-refractivity contribution in [3.8, 4) is 5.75 Å². The van der Waals surface area contributed by atoms with E-state index in [0.29, 0.717) is 26.2 Å². The lowest BCUT2D eigenvalue weighted by Crippen LogP contribution is -2.36. The molecule has 0 bridgehead atoms. The molecule has 1 aliphatic heterocycles. The Morgan fingerprint density at radius 3 is 2.57 bits per heavy atom. The molecule has 7 nitrogen and oxygen atoms in total. The number of thioether (sulfide) groups is 1. The number of carbonyl (C=O) groups excluding carboxylic acids is 2. The third kappa shape index (κ3) is 5.25. The molecule has 0 saturated carbocycles. The van der Waals surface area contributed by atoms with Crippen molar-refractivity contribution in [3.05, 3.63) is 64.6 Å². The van der Waals surface area contributed by atoms with E-state index in [-0.39, 0.29) is 18.9 Å². The van der Waals surface area contributed by atoms with Crippen molar-refractivity contribution in [2.24, 2.45) is 0 Å². The number of thiocarbonyl (C=S) groups is 1. The molecule has 3 rings (SSSR count). The molecule has 1 heterocycles. The Morgan fingerprint density at radius 2 is 1.90 bits per heavy atom. The fourth-order valence-electron chi connectivity index (χ4n) is 2.79. The number of carbonyl (C=O) groups is 3. The molecule has 154 valence electrons. The molecule has 2 N–H and O–H groups in total. The maximum atomic E-state index is 12.7. The molecule has 1 fully saturated rings. The van der Waals surface area contributed by atoms with Gasteiger partial charge in [-0.1, -0.05) is 54.3 Å². The standard InChI is InChI=1S/C21H18N2O5S2/c1-28-16-5-3-2-4-14(16)11-17-20(27)23(21(29)30-17)12-18(24)22-15-8-6-13(7-9-15)10-19(25)26/h2-9,11H,10,12H2,1H3,(H,22,24)(H,25,26)/b17-11-. The summed E-state index contributed by atoms with van der Waals surface area (Å²) in [5, 5.41) is 11.5. The molecule has 9 heteroatoms. The number of hydrogen-bond donors (Lipinski definition) is 2. The van der Waals surface area contributed by atoms with Gasteiger partial charge in [0.15, 0.2) is 0 Å². The van der Waals surface area contributed by atoms with Crippen LogP contribution in [0.25, 0.3) is 6.08 Å². The molecule has 0 unspecified atom stereocenters. The summed E-state index contributed by atoms with van der Waals surface area (Å²) in [5.74, 6) is -1.05. The zero-order valence-electron chi connectivity index (χ0n) is 16.0. The largest absolute Gasteiger partial charge is 0.496 e. The molecule has 1 aliphatic rings. The highest BCUT2D eigenvalue weighted by Crippen LogP contribution is 2.34. The number of methoxy groups -OCH3 is 1. The summed E-state index contributed by atoms with van der Waals surface area (Å²) >= 11 is 6.40. The van der Waals surface area contributed by atoms with Crippen LogP contribution in [0, 0.1) is 0 Å². The maximum Gasteiger partial charge on any atom is 0.307 e. The van der Waals surface area contributed by atoms with E-state index in [1.54, 1.807) is 43.5 Å². The third-order valence-electron chi connectivity index (χ3n) is 4.19. The van der Waals surface area contributed by atoms with Gasteiger partial charge in [0.25, 0.3) is 5.91 Å². The average molecular weight is 443 g/mol. The number of aliphatic carboxylic acids is 1. The zero-order valence-corrected chi connectivity index (χ0v) is 17.6. The lowest BCUT2D eigenvalue weighted by atomic mass is 10.1. The van der Waals surface area contributed by atoms with Crippen molar-refractivity contribution in [3.63, 3.8) is 0 Å². The van der Waals surface area contributed by atoms with Gasteiger partial charge in [-0.05, 0) is 29.8 Å². The molecule has 0 aromatic heterocycles. The van der Waals surface area contributed by atoms with E-state index in [2.05, 4.69) is 5.32 Å². The Balaban J connectivity index is 1.66. The van der Waals surface area contributed by atoms with Crippen molar-refractivity contribution >= 4 is 57.8 Å². The van der Waals surface area contributed by atoms with Crippen LogP contribution in [0.5, 0.6) is 5.75 Å². The van der Waals surface area contributed by atoms with E-state index in [0.717, 1.165) is 17.3 Å². The van der Waals surface area contributed by atoms with Gasteiger partial charge in [0.2, 0.25) is 5.91 Å². The number of hydrogen-bond acceptors (Lipinski definition) is 6. The fraction of sp³-hybridized carbons (Fsp3) is 0.143. The van der Waals surface area contributed by atoms with Crippen molar-refractivity contribution in [2.45, 2.75) is 6.42 Å². The number of ether oxygens (including phenoxy) is 1. The number of benzene rings is 2. The highest BCUT2D eigenvalue weighted by molar-refractivity contribution is 8.26. The number of para-hydroxylation sites is 1. The van der Waals surface area contributed by atoms with Crippen LogP contribution >= 0.6 is 24.0 Å². The minimum absolute atomic E-state index is 0.0939. The number of nitrogens with zero attached hydrogens (tertiary/aromatic N) is 1. The predicted octanol–water partition coefficient (Wildman–Crippen LogP) is 3.16.